The highest BCUT2D eigenvalue weighted by Gasteiger charge is 2.49. The van der Waals surface area contributed by atoms with Crippen molar-refractivity contribution in [2.24, 2.45) is 5.41 Å². The third-order valence-electron chi connectivity index (χ3n) is 8.64. The number of rotatable bonds is 10. The van der Waals surface area contributed by atoms with Crippen molar-refractivity contribution in [2.75, 3.05) is 6.61 Å². The van der Waals surface area contributed by atoms with Gasteiger partial charge in [-0.05, 0) is 85.5 Å². The first-order valence-corrected chi connectivity index (χ1v) is 13.3. The second-order valence-corrected chi connectivity index (χ2v) is 10.6. The molecule has 2 bridgehead atoms. The molecule has 3 aliphatic carbocycles. The van der Waals surface area contributed by atoms with Crippen LogP contribution in [-0.4, -0.2) is 6.61 Å². The highest BCUT2D eigenvalue weighted by molar-refractivity contribution is 5.75. The van der Waals surface area contributed by atoms with Gasteiger partial charge in [0.25, 0.3) is 0 Å². The van der Waals surface area contributed by atoms with Gasteiger partial charge in [-0.15, -0.1) is 0 Å². The molecule has 0 N–H and O–H groups in total. The Bertz CT molecular complexity index is 1050. The molecule has 0 aromatic heterocycles. The fourth-order valence-electron chi connectivity index (χ4n) is 6.38. The summed E-state index contributed by atoms with van der Waals surface area (Å²) in [5, 5.41) is 20.3. The van der Waals surface area contributed by atoms with Crippen LogP contribution in [0.4, 0.5) is 0 Å². The third-order valence-corrected chi connectivity index (χ3v) is 8.64. The molecule has 34 heavy (non-hydrogen) atoms. The van der Waals surface area contributed by atoms with E-state index >= 15 is 0 Å². The summed E-state index contributed by atoms with van der Waals surface area (Å²) in [4.78, 5) is 0. The number of benzene rings is 2. The summed E-state index contributed by atoms with van der Waals surface area (Å²) in [6.07, 6.45) is 14.6. The van der Waals surface area contributed by atoms with Gasteiger partial charge in [0, 0.05) is 5.56 Å². The summed E-state index contributed by atoms with van der Waals surface area (Å²) in [5.41, 5.74) is 4.66. The summed E-state index contributed by atoms with van der Waals surface area (Å²) in [6, 6.07) is 17.0. The number of nitriles is 2. The lowest BCUT2D eigenvalue weighted by Crippen LogP contribution is -2.44. The van der Waals surface area contributed by atoms with E-state index in [0.717, 1.165) is 54.7 Å². The van der Waals surface area contributed by atoms with Gasteiger partial charge < -0.3 is 4.74 Å². The predicted molar refractivity (Wildman–Crippen MR) is 138 cm³/mol. The molecule has 0 unspecified atom stereocenters. The van der Waals surface area contributed by atoms with Crippen LogP contribution >= 0.6 is 0 Å². The average Bonchev–Trinajstić information content (AvgIpc) is 2.90. The maximum absolute atomic E-state index is 10.2. The highest BCUT2D eigenvalue weighted by Crippen LogP contribution is 2.60. The van der Waals surface area contributed by atoms with Gasteiger partial charge in [0.15, 0.2) is 0 Å². The van der Waals surface area contributed by atoms with Gasteiger partial charge in [0.2, 0.25) is 0 Å². The van der Waals surface area contributed by atoms with Crippen molar-refractivity contribution in [3.63, 3.8) is 0 Å². The van der Waals surface area contributed by atoms with Crippen LogP contribution in [0.15, 0.2) is 36.4 Å². The number of nitrogens with zero attached hydrogens (tertiary/aromatic N) is 2. The van der Waals surface area contributed by atoms with Crippen molar-refractivity contribution >= 4 is 0 Å². The molecule has 178 valence electrons. The van der Waals surface area contributed by atoms with Gasteiger partial charge in [-0.25, -0.2) is 0 Å². The minimum absolute atomic E-state index is 0.0688. The van der Waals surface area contributed by atoms with Crippen LogP contribution in [0.25, 0.3) is 11.1 Å². The van der Waals surface area contributed by atoms with Crippen molar-refractivity contribution < 1.29 is 4.74 Å². The number of hydrogen-bond donors (Lipinski definition) is 0. The summed E-state index contributed by atoms with van der Waals surface area (Å²) in [5.74, 6) is 0.852. The maximum Gasteiger partial charge on any atom is 0.119 e. The van der Waals surface area contributed by atoms with Crippen LogP contribution in [0.2, 0.25) is 0 Å². The summed E-state index contributed by atoms with van der Waals surface area (Å²) in [7, 11) is 0. The maximum atomic E-state index is 10.2. The number of fused-ring (bicyclic) bond motifs is 3. The molecular weight excluding hydrogens is 416 g/mol. The molecule has 3 aliphatic rings. The monoisotopic (exact) mass is 454 g/mol. The minimum Gasteiger partial charge on any atom is -0.494 e. The van der Waals surface area contributed by atoms with Crippen LogP contribution < -0.4 is 4.74 Å². The summed E-state index contributed by atoms with van der Waals surface area (Å²) in [6.45, 7) is 5.20. The molecule has 3 heteroatoms. The number of hydrogen-bond acceptors (Lipinski definition) is 3. The topological polar surface area (TPSA) is 56.8 Å². The van der Waals surface area contributed by atoms with Crippen molar-refractivity contribution in [2.45, 2.75) is 96.3 Å². The molecule has 0 saturated heterocycles. The average molecular weight is 455 g/mol. The lowest BCUT2D eigenvalue weighted by molar-refractivity contribution is 0.0307. The Morgan fingerprint density at radius 3 is 2.00 bits per heavy atom. The van der Waals surface area contributed by atoms with Crippen LogP contribution in [-0.2, 0) is 5.41 Å². The zero-order chi connectivity index (χ0) is 24.0. The van der Waals surface area contributed by atoms with Gasteiger partial charge in [-0.3, -0.25) is 0 Å². The Hall–Kier alpha value is -2.78. The molecule has 2 aromatic rings. The number of ether oxygens (including phenoxy) is 1. The Kier molecular flexibility index (Phi) is 7.63. The van der Waals surface area contributed by atoms with Gasteiger partial charge in [-0.2, -0.15) is 10.5 Å². The predicted octanol–water partition coefficient (Wildman–Crippen LogP) is 8.45. The molecule has 3 fully saturated rings. The first kappa shape index (κ1) is 24.3. The third kappa shape index (κ3) is 4.72. The molecule has 0 spiro atoms. The second kappa shape index (κ2) is 10.7. The standard InChI is InChI=1S/C31H38N2O/c1-3-5-7-21-34-25-10-8-24(9-11-25)26-12-13-29(28(23-33)27(26)22-32)31-18-15-30(16-19-31,17-20-31)14-6-4-2/h8-13H,3-7,14-21H2,1-2H3. The van der Waals surface area contributed by atoms with Crippen molar-refractivity contribution in [1.29, 1.82) is 10.5 Å². The normalized spacial score (nSPS) is 23.3. The second-order valence-electron chi connectivity index (χ2n) is 10.6. The smallest absolute Gasteiger partial charge is 0.119 e. The van der Waals surface area contributed by atoms with Crippen LogP contribution in [0, 0.1) is 28.1 Å². The van der Waals surface area contributed by atoms with Gasteiger partial charge >= 0.3 is 0 Å². The Labute approximate surface area is 205 Å². The SMILES string of the molecule is CCCCCOc1ccc(-c2ccc(C34CCC(CCCC)(CC3)CC4)c(C#N)c2C#N)cc1. The number of unbranched alkanes of at least 4 members (excludes halogenated alkanes) is 3. The molecule has 0 radical (unpaired) electrons. The van der Waals surface area contributed by atoms with Gasteiger partial charge in [-0.1, -0.05) is 63.8 Å². The van der Waals surface area contributed by atoms with E-state index in [1.165, 1.54) is 51.4 Å². The van der Waals surface area contributed by atoms with E-state index in [1.807, 2.05) is 24.3 Å². The molecule has 3 nitrogen and oxygen atoms in total. The fourth-order valence-corrected chi connectivity index (χ4v) is 6.38. The van der Waals surface area contributed by atoms with Gasteiger partial charge in [0.1, 0.15) is 17.9 Å². The van der Waals surface area contributed by atoms with E-state index in [9.17, 15) is 10.5 Å². The first-order chi connectivity index (χ1) is 16.6. The lowest BCUT2D eigenvalue weighted by atomic mass is 9.50. The van der Waals surface area contributed by atoms with Crippen LogP contribution in [0.5, 0.6) is 5.75 Å². The van der Waals surface area contributed by atoms with Crippen molar-refractivity contribution in [1.82, 2.24) is 0 Å². The molecule has 3 saturated carbocycles. The van der Waals surface area contributed by atoms with E-state index in [4.69, 9.17) is 4.74 Å². The van der Waals surface area contributed by atoms with Crippen LogP contribution in [0.3, 0.4) is 0 Å². The zero-order valence-corrected chi connectivity index (χ0v) is 21.0. The fraction of sp³-hybridized carbons (Fsp3) is 0.548. The highest BCUT2D eigenvalue weighted by atomic mass is 16.5. The molecule has 2 aromatic carbocycles. The molecule has 0 aliphatic heterocycles. The largest absolute Gasteiger partial charge is 0.494 e. The molecular formula is C31H38N2O. The van der Waals surface area contributed by atoms with E-state index in [2.05, 4.69) is 38.1 Å². The van der Waals surface area contributed by atoms with E-state index in [-0.39, 0.29) is 5.41 Å². The lowest BCUT2D eigenvalue weighted by Gasteiger charge is -2.54. The molecule has 0 atom stereocenters. The first-order valence-electron chi connectivity index (χ1n) is 13.3. The van der Waals surface area contributed by atoms with Crippen molar-refractivity contribution in [3.8, 4) is 29.0 Å². The molecule has 0 amide bonds. The Balaban J connectivity index is 1.58. The summed E-state index contributed by atoms with van der Waals surface area (Å²) >= 11 is 0. The molecule has 0 heterocycles. The van der Waals surface area contributed by atoms with Crippen molar-refractivity contribution in [3.05, 3.63) is 53.1 Å². The Morgan fingerprint density at radius 2 is 1.41 bits per heavy atom. The van der Waals surface area contributed by atoms with Crippen LogP contribution in [0.1, 0.15) is 108 Å². The minimum atomic E-state index is 0.0688. The van der Waals surface area contributed by atoms with E-state index in [1.54, 1.807) is 0 Å². The molecule has 5 rings (SSSR count). The Morgan fingerprint density at radius 1 is 0.765 bits per heavy atom. The zero-order valence-electron chi connectivity index (χ0n) is 21.0. The van der Waals surface area contributed by atoms with Gasteiger partial charge in [0.05, 0.1) is 17.7 Å². The quantitative estimate of drug-likeness (QED) is 0.338. The summed E-state index contributed by atoms with van der Waals surface area (Å²) < 4.78 is 5.85. The van der Waals surface area contributed by atoms with E-state index < -0.39 is 0 Å². The van der Waals surface area contributed by atoms with E-state index in [0.29, 0.717) is 16.5 Å².